The predicted molar refractivity (Wildman–Crippen MR) is 108 cm³/mol. The Morgan fingerprint density at radius 1 is 1.27 bits per heavy atom. The van der Waals surface area contributed by atoms with Crippen LogP contribution in [-0.2, 0) is 9.53 Å². The van der Waals surface area contributed by atoms with Crippen LogP contribution in [0.3, 0.4) is 0 Å². The highest BCUT2D eigenvalue weighted by Crippen LogP contribution is 2.55. The summed E-state index contributed by atoms with van der Waals surface area (Å²) in [5, 5.41) is 11.8. The van der Waals surface area contributed by atoms with E-state index in [9.17, 15) is 4.79 Å². The van der Waals surface area contributed by atoms with Gasteiger partial charge in [-0.25, -0.2) is 4.79 Å². The Kier molecular flexibility index (Phi) is 6.11. The molecule has 136 valence electrons. The molecule has 2 aliphatic carbocycles. The molecule has 0 spiro atoms. The fourth-order valence-electron chi connectivity index (χ4n) is 3.65. The molecule has 0 aliphatic heterocycles. The van der Waals surface area contributed by atoms with Crippen molar-refractivity contribution in [2.75, 3.05) is 6.61 Å². The van der Waals surface area contributed by atoms with Crippen molar-refractivity contribution in [1.29, 1.82) is 0 Å². The van der Waals surface area contributed by atoms with Gasteiger partial charge in [0.1, 0.15) is 5.76 Å². The summed E-state index contributed by atoms with van der Waals surface area (Å²) in [6, 6.07) is 10.8. The van der Waals surface area contributed by atoms with Gasteiger partial charge in [0.2, 0.25) is 0 Å². The zero-order chi connectivity index (χ0) is 18.5. The highest BCUT2D eigenvalue weighted by molar-refractivity contribution is 7.70. The van der Waals surface area contributed by atoms with Crippen molar-refractivity contribution in [3.63, 3.8) is 0 Å². The average Bonchev–Trinajstić information content (AvgIpc) is 2.63. The summed E-state index contributed by atoms with van der Waals surface area (Å²) in [6.45, 7) is 3.81. The van der Waals surface area contributed by atoms with E-state index >= 15 is 0 Å². The first kappa shape index (κ1) is 18.7. The van der Waals surface area contributed by atoms with Gasteiger partial charge in [-0.2, -0.15) is 0 Å². The van der Waals surface area contributed by atoms with Gasteiger partial charge in [0.25, 0.3) is 0 Å². The number of carbonyl (C=O) groups is 1. The second-order valence-electron chi connectivity index (χ2n) is 6.74. The topological polar surface area (TPSA) is 46.5 Å². The lowest BCUT2D eigenvalue weighted by Gasteiger charge is -2.33. The van der Waals surface area contributed by atoms with E-state index in [0.29, 0.717) is 5.66 Å². The van der Waals surface area contributed by atoms with E-state index in [4.69, 9.17) is 9.84 Å². The highest BCUT2D eigenvalue weighted by Gasteiger charge is 2.29. The van der Waals surface area contributed by atoms with Crippen LogP contribution in [0.5, 0.6) is 0 Å². The molecule has 26 heavy (non-hydrogen) atoms. The SMILES string of the molecule is CC1=CC(P(C2=CC=CCC2)c2ccccc2)CC(C)=C1OCC(=O)O. The molecule has 1 aromatic carbocycles. The molecule has 0 saturated heterocycles. The minimum atomic E-state index is -0.939. The molecular weight excluding hydrogens is 343 g/mol. The molecule has 3 rings (SSSR count). The fraction of sp³-hybridized carbons (Fsp3) is 0.318. The van der Waals surface area contributed by atoms with Crippen LogP contribution in [0.15, 0.2) is 76.9 Å². The van der Waals surface area contributed by atoms with E-state index in [2.05, 4.69) is 61.6 Å². The zero-order valence-corrected chi connectivity index (χ0v) is 16.2. The number of hydrogen-bond donors (Lipinski definition) is 1. The van der Waals surface area contributed by atoms with E-state index in [1.54, 1.807) is 0 Å². The summed E-state index contributed by atoms with van der Waals surface area (Å²) < 4.78 is 5.54. The Labute approximate surface area is 156 Å². The molecule has 0 heterocycles. The van der Waals surface area contributed by atoms with Gasteiger partial charge in [-0.15, -0.1) is 0 Å². The quantitative estimate of drug-likeness (QED) is 0.709. The maximum absolute atomic E-state index is 10.8. The summed E-state index contributed by atoms with van der Waals surface area (Å²) in [4.78, 5) is 10.8. The number of benzene rings is 1. The monoisotopic (exact) mass is 368 g/mol. The molecule has 0 bridgehead atoms. The number of carboxylic acids is 1. The molecule has 0 amide bonds. The second kappa shape index (κ2) is 8.51. The molecule has 3 nitrogen and oxygen atoms in total. The molecule has 0 aromatic heterocycles. The maximum atomic E-state index is 10.8. The number of ether oxygens (including phenoxy) is 1. The fourth-order valence-corrected chi connectivity index (χ4v) is 6.73. The number of aliphatic carboxylic acids is 1. The standard InChI is InChI=1S/C22H25O3P/c1-16-13-20(14-17(2)22(16)25-15-21(23)24)26(18-9-5-3-6-10-18)19-11-7-4-8-12-19/h3-7,9-11,13,20H,8,12,14-15H2,1-2H3,(H,23,24). The van der Waals surface area contributed by atoms with Crippen LogP contribution in [0.1, 0.15) is 33.1 Å². The van der Waals surface area contributed by atoms with Crippen LogP contribution in [0, 0.1) is 0 Å². The number of allylic oxidation sites excluding steroid dienone is 7. The molecule has 2 atom stereocenters. The third-order valence-corrected chi connectivity index (χ3v) is 7.55. The van der Waals surface area contributed by atoms with E-state index in [-0.39, 0.29) is 6.61 Å². The predicted octanol–water partition coefficient (Wildman–Crippen LogP) is 5.12. The van der Waals surface area contributed by atoms with Gasteiger partial charge in [0, 0.05) is 5.66 Å². The van der Waals surface area contributed by atoms with Crippen molar-refractivity contribution in [3.8, 4) is 0 Å². The maximum Gasteiger partial charge on any atom is 0.341 e. The molecule has 2 aliphatic rings. The number of carboxylic acid groups (broad SMARTS) is 1. The molecular formula is C22H25O3P. The minimum absolute atomic E-state index is 0.286. The van der Waals surface area contributed by atoms with Crippen molar-refractivity contribution in [2.24, 2.45) is 0 Å². The first-order valence-electron chi connectivity index (χ1n) is 8.99. The molecule has 1 aromatic rings. The molecule has 2 unspecified atom stereocenters. The third kappa shape index (κ3) is 4.34. The summed E-state index contributed by atoms with van der Waals surface area (Å²) in [7, 11) is -0.459. The van der Waals surface area contributed by atoms with Crippen LogP contribution >= 0.6 is 7.92 Å². The first-order chi connectivity index (χ1) is 12.6. The van der Waals surface area contributed by atoms with Crippen LogP contribution in [0.25, 0.3) is 0 Å². The molecule has 0 fully saturated rings. The smallest absolute Gasteiger partial charge is 0.341 e. The normalized spacial score (nSPS) is 21.1. The Morgan fingerprint density at radius 3 is 2.65 bits per heavy atom. The Bertz CT molecular complexity index is 787. The summed E-state index contributed by atoms with van der Waals surface area (Å²) in [5.41, 5.74) is 2.62. The average molecular weight is 368 g/mol. The zero-order valence-electron chi connectivity index (χ0n) is 15.3. The van der Waals surface area contributed by atoms with Crippen molar-refractivity contribution < 1.29 is 14.6 Å². The van der Waals surface area contributed by atoms with Crippen molar-refractivity contribution in [3.05, 3.63) is 76.9 Å². The van der Waals surface area contributed by atoms with Crippen molar-refractivity contribution in [1.82, 2.24) is 0 Å². The van der Waals surface area contributed by atoms with Crippen molar-refractivity contribution >= 4 is 19.2 Å². The molecule has 1 N–H and O–H groups in total. The number of rotatable bonds is 6. The van der Waals surface area contributed by atoms with Crippen LogP contribution < -0.4 is 5.30 Å². The van der Waals surface area contributed by atoms with Crippen LogP contribution in [-0.4, -0.2) is 23.3 Å². The molecule has 0 radical (unpaired) electrons. The molecule has 0 saturated carbocycles. The van der Waals surface area contributed by atoms with Crippen LogP contribution in [0.4, 0.5) is 0 Å². The van der Waals surface area contributed by atoms with Gasteiger partial charge in [0.15, 0.2) is 6.61 Å². The van der Waals surface area contributed by atoms with Gasteiger partial charge in [-0.3, -0.25) is 0 Å². The second-order valence-corrected chi connectivity index (χ2v) is 9.24. The van der Waals surface area contributed by atoms with Gasteiger partial charge in [-0.05, 0) is 62.8 Å². The minimum Gasteiger partial charge on any atom is -0.482 e. The molecule has 4 heteroatoms. The van der Waals surface area contributed by atoms with Crippen LogP contribution in [0.2, 0.25) is 0 Å². The lowest BCUT2D eigenvalue weighted by atomic mass is 9.99. The van der Waals surface area contributed by atoms with Gasteiger partial charge >= 0.3 is 5.97 Å². The lowest BCUT2D eigenvalue weighted by molar-refractivity contribution is -0.140. The van der Waals surface area contributed by atoms with E-state index in [0.717, 1.165) is 36.2 Å². The summed E-state index contributed by atoms with van der Waals surface area (Å²) in [5.74, 6) is -0.185. The first-order valence-corrected chi connectivity index (χ1v) is 10.4. The lowest BCUT2D eigenvalue weighted by Crippen LogP contribution is -2.19. The summed E-state index contributed by atoms with van der Waals surface area (Å²) >= 11 is 0. The third-order valence-electron chi connectivity index (χ3n) is 4.71. The highest BCUT2D eigenvalue weighted by atomic mass is 31.1. The van der Waals surface area contributed by atoms with Gasteiger partial charge in [0.05, 0.1) is 0 Å². The van der Waals surface area contributed by atoms with E-state index in [1.165, 1.54) is 10.6 Å². The van der Waals surface area contributed by atoms with Crippen molar-refractivity contribution in [2.45, 2.75) is 38.8 Å². The van der Waals surface area contributed by atoms with Gasteiger partial charge < -0.3 is 9.84 Å². The Morgan fingerprint density at radius 2 is 2.04 bits per heavy atom. The number of hydrogen-bond acceptors (Lipinski definition) is 2. The Hall–Kier alpha value is -2.12. The van der Waals surface area contributed by atoms with E-state index < -0.39 is 13.9 Å². The van der Waals surface area contributed by atoms with Gasteiger partial charge in [-0.1, -0.05) is 54.6 Å². The largest absolute Gasteiger partial charge is 0.482 e. The van der Waals surface area contributed by atoms with E-state index in [1.807, 2.05) is 6.92 Å². The Balaban J connectivity index is 1.90. The summed E-state index contributed by atoms with van der Waals surface area (Å²) in [6.07, 6.45) is 12.1.